The van der Waals surface area contributed by atoms with Crippen molar-refractivity contribution in [3.63, 3.8) is 0 Å². The summed E-state index contributed by atoms with van der Waals surface area (Å²) in [6.45, 7) is 1.13. The van der Waals surface area contributed by atoms with Gasteiger partial charge in [-0.05, 0) is 31.4 Å². The fourth-order valence-electron chi connectivity index (χ4n) is 4.09. The van der Waals surface area contributed by atoms with Crippen molar-refractivity contribution < 1.29 is 9.18 Å². The van der Waals surface area contributed by atoms with E-state index in [4.69, 9.17) is 0 Å². The number of aromatic amines is 1. The molecule has 1 atom stereocenters. The fourth-order valence-corrected chi connectivity index (χ4v) is 5.00. The molecule has 1 fully saturated rings. The van der Waals surface area contributed by atoms with E-state index in [1.165, 1.54) is 30.1 Å². The molecule has 2 aromatic heterocycles. The van der Waals surface area contributed by atoms with Gasteiger partial charge >= 0.3 is 0 Å². The predicted molar refractivity (Wildman–Crippen MR) is 111 cm³/mol. The number of H-pyrrole nitrogens is 1. The van der Waals surface area contributed by atoms with Crippen molar-refractivity contribution in [2.75, 3.05) is 12.3 Å². The second-order valence-electron chi connectivity index (χ2n) is 7.46. The first-order chi connectivity index (χ1) is 14.6. The number of carbonyl (C=O) groups excluding carboxylic acids is 1. The van der Waals surface area contributed by atoms with Crippen LogP contribution in [0.15, 0.2) is 46.6 Å². The van der Waals surface area contributed by atoms with Gasteiger partial charge in [0, 0.05) is 30.6 Å². The third-order valence-electron chi connectivity index (χ3n) is 5.60. The monoisotopic (exact) mass is 425 g/mol. The van der Waals surface area contributed by atoms with Crippen LogP contribution in [0, 0.1) is 5.82 Å². The Morgan fingerprint density at radius 1 is 1.20 bits per heavy atom. The Hall–Kier alpha value is -2.94. The van der Waals surface area contributed by atoms with Crippen molar-refractivity contribution in [3.05, 3.63) is 64.2 Å². The highest BCUT2D eigenvalue weighted by Crippen LogP contribution is 2.32. The van der Waals surface area contributed by atoms with Gasteiger partial charge in [0.15, 0.2) is 5.16 Å². The summed E-state index contributed by atoms with van der Waals surface area (Å²) in [5.41, 5.74) is 1.21. The number of nitrogens with one attached hydrogen (secondary N) is 1. The van der Waals surface area contributed by atoms with Crippen LogP contribution in [0.1, 0.15) is 41.5 Å². The van der Waals surface area contributed by atoms with E-state index in [0.29, 0.717) is 35.3 Å². The van der Waals surface area contributed by atoms with Gasteiger partial charge in [-0.2, -0.15) is 0 Å². The zero-order chi connectivity index (χ0) is 20.7. The van der Waals surface area contributed by atoms with Crippen molar-refractivity contribution >= 4 is 17.7 Å². The largest absolute Gasteiger partial charge is 0.340 e. The third-order valence-corrected chi connectivity index (χ3v) is 6.57. The molecule has 154 valence electrons. The molecule has 1 unspecified atom stereocenters. The van der Waals surface area contributed by atoms with Crippen molar-refractivity contribution in [1.29, 1.82) is 0 Å². The van der Waals surface area contributed by atoms with Crippen LogP contribution in [-0.2, 0) is 6.54 Å². The molecule has 1 aromatic carbocycles. The topological polar surface area (TPSA) is 83.9 Å². The van der Waals surface area contributed by atoms with Crippen LogP contribution in [0.4, 0.5) is 4.39 Å². The summed E-state index contributed by atoms with van der Waals surface area (Å²) in [4.78, 5) is 39.9. The van der Waals surface area contributed by atoms with Crippen LogP contribution in [0.25, 0.3) is 11.3 Å². The van der Waals surface area contributed by atoms with E-state index in [1.807, 2.05) is 0 Å². The van der Waals surface area contributed by atoms with Gasteiger partial charge in [0.05, 0.1) is 17.9 Å². The first kappa shape index (κ1) is 19.0. The Morgan fingerprint density at radius 3 is 2.97 bits per heavy atom. The molecule has 2 aliphatic rings. The minimum absolute atomic E-state index is 0.102. The van der Waals surface area contributed by atoms with Crippen LogP contribution in [0.3, 0.4) is 0 Å². The molecule has 4 heterocycles. The fraction of sp³-hybridized carbons (Fsp3) is 0.333. The second-order valence-corrected chi connectivity index (χ2v) is 8.52. The van der Waals surface area contributed by atoms with Crippen LogP contribution >= 0.6 is 11.8 Å². The van der Waals surface area contributed by atoms with Gasteiger partial charge in [0.2, 0.25) is 0 Å². The molecule has 1 saturated heterocycles. The van der Waals surface area contributed by atoms with Gasteiger partial charge in [0.1, 0.15) is 17.2 Å². The SMILES string of the molecule is O=C(c1cnc2n(c1=O)CCS2)N1CCCCC1c1ncc(-c2cccc(F)c2)[nH]1. The number of hydrogen-bond acceptors (Lipinski definition) is 5. The van der Waals surface area contributed by atoms with Gasteiger partial charge < -0.3 is 9.88 Å². The minimum Gasteiger partial charge on any atom is -0.340 e. The Balaban J connectivity index is 1.46. The molecule has 0 radical (unpaired) electrons. The first-order valence-corrected chi connectivity index (χ1v) is 10.9. The molecule has 0 bridgehead atoms. The number of thioether (sulfide) groups is 1. The maximum absolute atomic E-state index is 13.6. The van der Waals surface area contributed by atoms with Gasteiger partial charge in [0.25, 0.3) is 11.5 Å². The van der Waals surface area contributed by atoms with E-state index in [-0.39, 0.29) is 28.9 Å². The number of aromatic nitrogens is 4. The number of benzene rings is 1. The number of fused-ring (bicyclic) bond motifs is 1. The van der Waals surface area contributed by atoms with Crippen molar-refractivity contribution in [3.8, 4) is 11.3 Å². The first-order valence-electron chi connectivity index (χ1n) is 9.96. The second kappa shape index (κ2) is 7.71. The predicted octanol–water partition coefficient (Wildman–Crippen LogP) is 3.25. The maximum Gasteiger partial charge on any atom is 0.267 e. The highest BCUT2D eigenvalue weighted by atomic mass is 32.2. The molecular formula is C21H20FN5O2S. The summed E-state index contributed by atoms with van der Waals surface area (Å²) in [6, 6.07) is 6.02. The molecular weight excluding hydrogens is 405 g/mol. The summed E-state index contributed by atoms with van der Waals surface area (Å²) in [5.74, 6) is 0.808. The molecule has 30 heavy (non-hydrogen) atoms. The van der Waals surface area contributed by atoms with Crippen LogP contribution in [0.5, 0.6) is 0 Å². The van der Waals surface area contributed by atoms with Crippen LogP contribution in [-0.4, -0.2) is 42.6 Å². The molecule has 0 spiro atoms. The highest BCUT2D eigenvalue weighted by Gasteiger charge is 2.33. The summed E-state index contributed by atoms with van der Waals surface area (Å²) in [5, 5.41) is 0.664. The lowest BCUT2D eigenvalue weighted by Crippen LogP contribution is -2.42. The average Bonchev–Trinajstić information content (AvgIpc) is 3.44. The Morgan fingerprint density at radius 2 is 2.10 bits per heavy atom. The lowest BCUT2D eigenvalue weighted by molar-refractivity contribution is 0.0597. The lowest BCUT2D eigenvalue weighted by atomic mass is 10.0. The van der Waals surface area contributed by atoms with Crippen LogP contribution in [0.2, 0.25) is 0 Å². The molecule has 2 aliphatic heterocycles. The summed E-state index contributed by atoms with van der Waals surface area (Å²) < 4.78 is 15.2. The van der Waals surface area contributed by atoms with Crippen molar-refractivity contribution in [2.24, 2.45) is 0 Å². The van der Waals surface area contributed by atoms with Crippen molar-refractivity contribution in [2.45, 2.75) is 37.0 Å². The number of amides is 1. The molecule has 9 heteroatoms. The van der Waals surface area contributed by atoms with Crippen LogP contribution < -0.4 is 5.56 Å². The Bertz CT molecular complexity index is 1170. The standard InChI is InChI=1S/C21H20FN5O2S/c22-14-5-3-4-13(10-14)16-12-23-18(25-16)17-6-1-2-7-26(17)19(28)15-11-24-21-27(20(15)29)8-9-30-21/h3-5,10-12,17H,1-2,6-9H2,(H,23,25). The van der Waals surface area contributed by atoms with Crippen molar-refractivity contribution in [1.82, 2.24) is 24.4 Å². The molecule has 5 rings (SSSR count). The summed E-state index contributed by atoms with van der Waals surface area (Å²) in [6.07, 6.45) is 5.64. The molecule has 0 aliphatic carbocycles. The molecule has 1 amide bonds. The summed E-state index contributed by atoms with van der Waals surface area (Å²) >= 11 is 1.52. The van der Waals surface area contributed by atoms with Gasteiger partial charge in [-0.15, -0.1) is 0 Å². The Labute approximate surface area is 176 Å². The number of imidazole rings is 1. The maximum atomic E-state index is 13.6. The number of nitrogens with zero attached hydrogens (tertiary/aromatic N) is 4. The third kappa shape index (κ3) is 3.32. The minimum atomic E-state index is -0.319. The van der Waals surface area contributed by atoms with E-state index in [1.54, 1.807) is 27.8 Å². The summed E-state index contributed by atoms with van der Waals surface area (Å²) in [7, 11) is 0. The zero-order valence-corrected chi connectivity index (χ0v) is 17.0. The smallest absolute Gasteiger partial charge is 0.267 e. The van der Waals surface area contributed by atoms with E-state index >= 15 is 0 Å². The van der Waals surface area contributed by atoms with E-state index in [2.05, 4.69) is 15.0 Å². The quantitative estimate of drug-likeness (QED) is 0.652. The number of carbonyl (C=O) groups is 1. The lowest BCUT2D eigenvalue weighted by Gasteiger charge is -2.34. The molecule has 1 N–H and O–H groups in total. The van der Waals surface area contributed by atoms with E-state index in [0.717, 1.165) is 25.0 Å². The number of rotatable bonds is 3. The normalized spacial score (nSPS) is 18.4. The number of halogens is 1. The zero-order valence-electron chi connectivity index (χ0n) is 16.2. The average molecular weight is 425 g/mol. The number of piperidine rings is 1. The molecule has 3 aromatic rings. The van der Waals surface area contributed by atoms with E-state index < -0.39 is 0 Å². The van der Waals surface area contributed by atoms with E-state index in [9.17, 15) is 14.0 Å². The van der Waals surface area contributed by atoms with Gasteiger partial charge in [-0.1, -0.05) is 23.9 Å². The number of likely N-dealkylation sites (tertiary alicyclic amines) is 1. The number of hydrogen-bond donors (Lipinski definition) is 1. The Kier molecular flexibility index (Phi) is 4.90. The molecule has 7 nitrogen and oxygen atoms in total. The van der Waals surface area contributed by atoms with Gasteiger partial charge in [-0.25, -0.2) is 14.4 Å². The molecule has 0 saturated carbocycles. The van der Waals surface area contributed by atoms with Gasteiger partial charge in [-0.3, -0.25) is 14.2 Å². The highest BCUT2D eigenvalue weighted by molar-refractivity contribution is 7.99.